The van der Waals surface area contributed by atoms with Gasteiger partial charge in [-0.05, 0) is 17.5 Å². The molecule has 7 heteroatoms. The molecule has 1 amide bonds. The van der Waals surface area contributed by atoms with Crippen LogP contribution in [0.5, 0.6) is 0 Å². The molecule has 7 nitrogen and oxygen atoms in total. The minimum atomic E-state index is -0.133. The van der Waals surface area contributed by atoms with Gasteiger partial charge in [0.1, 0.15) is 0 Å². The number of nitrogens with zero attached hydrogens (tertiary/aromatic N) is 4. The van der Waals surface area contributed by atoms with Crippen LogP contribution in [0.4, 0.5) is 0 Å². The van der Waals surface area contributed by atoms with Crippen LogP contribution in [0.15, 0.2) is 47.5 Å². The quantitative estimate of drug-likeness (QED) is 0.647. The zero-order chi connectivity index (χ0) is 20.0. The number of hydrogen-bond acceptors (Lipinski definition) is 5. The number of carbonyl (C=O) groups is 1. The second-order valence-corrected chi connectivity index (χ2v) is 7.95. The molecule has 0 radical (unpaired) electrons. The number of nitrogens with one attached hydrogen (secondary N) is 1. The highest BCUT2D eigenvalue weighted by Gasteiger charge is 2.20. The van der Waals surface area contributed by atoms with Crippen molar-refractivity contribution in [2.75, 3.05) is 0 Å². The standard InChI is InChI=1S/C21H27N5O2/c1-21(2,3)20-24-19(28-25-20)9-5-8-18(27)23-13-16-6-4-7-17(12-16)14-26-11-10-22-15-26/h4,6-7,10-12,15H,5,8-9,13-14H2,1-3H3,(H,23,27). The van der Waals surface area contributed by atoms with E-state index >= 15 is 0 Å². The van der Waals surface area contributed by atoms with Gasteiger partial charge in [-0.3, -0.25) is 4.79 Å². The van der Waals surface area contributed by atoms with Gasteiger partial charge in [0, 0.05) is 43.7 Å². The Hall–Kier alpha value is -2.96. The Labute approximate surface area is 165 Å². The van der Waals surface area contributed by atoms with E-state index in [2.05, 4.69) is 32.6 Å². The van der Waals surface area contributed by atoms with Crippen molar-refractivity contribution in [3.8, 4) is 0 Å². The van der Waals surface area contributed by atoms with Gasteiger partial charge >= 0.3 is 0 Å². The lowest BCUT2D eigenvalue weighted by Crippen LogP contribution is -2.22. The number of amides is 1. The zero-order valence-electron chi connectivity index (χ0n) is 16.7. The Kier molecular flexibility index (Phi) is 6.23. The summed E-state index contributed by atoms with van der Waals surface area (Å²) in [6.45, 7) is 7.41. The Morgan fingerprint density at radius 2 is 2.07 bits per heavy atom. The molecular formula is C21H27N5O2. The van der Waals surface area contributed by atoms with Gasteiger partial charge in [0.2, 0.25) is 11.8 Å². The van der Waals surface area contributed by atoms with E-state index in [-0.39, 0.29) is 11.3 Å². The average Bonchev–Trinajstić information content (AvgIpc) is 3.32. The third-order valence-electron chi connectivity index (χ3n) is 4.34. The van der Waals surface area contributed by atoms with Gasteiger partial charge in [0.15, 0.2) is 5.82 Å². The number of imidazole rings is 1. The number of rotatable bonds is 8. The first-order valence-electron chi connectivity index (χ1n) is 9.53. The summed E-state index contributed by atoms with van der Waals surface area (Å²) in [6.07, 6.45) is 7.21. The van der Waals surface area contributed by atoms with E-state index in [0.717, 1.165) is 12.1 Å². The van der Waals surface area contributed by atoms with Gasteiger partial charge in [-0.2, -0.15) is 4.98 Å². The molecule has 0 saturated carbocycles. The van der Waals surface area contributed by atoms with Crippen molar-refractivity contribution >= 4 is 5.91 Å². The van der Waals surface area contributed by atoms with E-state index in [9.17, 15) is 4.79 Å². The second-order valence-electron chi connectivity index (χ2n) is 7.95. The van der Waals surface area contributed by atoms with E-state index in [1.807, 2.05) is 43.7 Å². The molecule has 2 aromatic heterocycles. The Morgan fingerprint density at radius 3 is 2.79 bits per heavy atom. The maximum absolute atomic E-state index is 12.1. The van der Waals surface area contributed by atoms with Crippen LogP contribution < -0.4 is 5.32 Å². The SMILES string of the molecule is CC(C)(C)c1noc(CCCC(=O)NCc2cccc(Cn3ccnc3)c2)n1. The Morgan fingerprint density at radius 1 is 1.25 bits per heavy atom. The largest absolute Gasteiger partial charge is 0.352 e. The summed E-state index contributed by atoms with van der Waals surface area (Å²) in [4.78, 5) is 20.6. The van der Waals surface area contributed by atoms with Crippen molar-refractivity contribution in [2.45, 2.75) is 58.5 Å². The lowest BCUT2D eigenvalue weighted by atomic mass is 9.96. The maximum Gasteiger partial charge on any atom is 0.226 e. The van der Waals surface area contributed by atoms with E-state index in [0.29, 0.717) is 37.5 Å². The molecule has 0 aliphatic rings. The van der Waals surface area contributed by atoms with E-state index in [4.69, 9.17) is 4.52 Å². The van der Waals surface area contributed by atoms with Crippen LogP contribution in [-0.2, 0) is 29.7 Å². The summed E-state index contributed by atoms with van der Waals surface area (Å²) in [5.74, 6) is 1.31. The second kappa shape index (κ2) is 8.82. The summed E-state index contributed by atoms with van der Waals surface area (Å²) < 4.78 is 7.27. The van der Waals surface area contributed by atoms with Crippen LogP contribution in [0, 0.1) is 0 Å². The molecule has 0 spiro atoms. The molecule has 3 aromatic rings. The van der Waals surface area contributed by atoms with Gasteiger partial charge in [0.05, 0.1) is 6.33 Å². The van der Waals surface area contributed by atoms with Gasteiger partial charge in [-0.15, -0.1) is 0 Å². The minimum absolute atomic E-state index is 0.0237. The third kappa shape index (κ3) is 5.77. The van der Waals surface area contributed by atoms with Gasteiger partial charge in [-0.25, -0.2) is 4.98 Å². The topological polar surface area (TPSA) is 85.8 Å². The van der Waals surface area contributed by atoms with E-state index < -0.39 is 0 Å². The predicted molar refractivity (Wildman–Crippen MR) is 106 cm³/mol. The molecule has 0 unspecified atom stereocenters. The predicted octanol–water partition coefficient (Wildman–Crippen LogP) is 3.25. The van der Waals surface area contributed by atoms with Crippen molar-refractivity contribution < 1.29 is 9.32 Å². The fourth-order valence-corrected chi connectivity index (χ4v) is 2.78. The lowest BCUT2D eigenvalue weighted by molar-refractivity contribution is -0.121. The molecule has 2 heterocycles. The molecule has 0 bridgehead atoms. The fourth-order valence-electron chi connectivity index (χ4n) is 2.78. The molecular weight excluding hydrogens is 354 g/mol. The molecule has 1 N–H and O–H groups in total. The number of aryl methyl sites for hydroxylation is 1. The summed E-state index contributed by atoms with van der Waals surface area (Å²) >= 11 is 0. The summed E-state index contributed by atoms with van der Waals surface area (Å²) in [5, 5.41) is 6.98. The van der Waals surface area contributed by atoms with Crippen molar-refractivity contribution in [2.24, 2.45) is 0 Å². The first-order chi connectivity index (χ1) is 13.4. The van der Waals surface area contributed by atoms with Crippen LogP contribution >= 0.6 is 0 Å². The highest BCUT2D eigenvalue weighted by Crippen LogP contribution is 2.18. The first-order valence-corrected chi connectivity index (χ1v) is 9.53. The molecule has 0 fully saturated rings. The van der Waals surface area contributed by atoms with Crippen molar-refractivity contribution in [3.63, 3.8) is 0 Å². The summed E-state index contributed by atoms with van der Waals surface area (Å²) in [7, 11) is 0. The molecule has 0 atom stereocenters. The maximum atomic E-state index is 12.1. The monoisotopic (exact) mass is 381 g/mol. The van der Waals surface area contributed by atoms with Gasteiger partial charge < -0.3 is 14.4 Å². The van der Waals surface area contributed by atoms with Crippen LogP contribution in [0.25, 0.3) is 0 Å². The Bertz CT molecular complexity index is 894. The lowest BCUT2D eigenvalue weighted by Gasteiger charge is -2.10. The number of benzene rings is 1. The van der Waals surface area contributed by atoms with Crippen LogP contribution in [0.3, 0.4) is 0 Å². The van der Waals surface area contributed by atoms with Gasteiger partial charge in [0.25, 0.3) is 0 Å². The van der Waals surface area contributed by atoms with Crippen LogP contribution in [0.1, 0.15) is 56.5 Å². The molecule has 0 saturated heterocycles. The average molecular weight is 381 g/mol. The molecule has 0 aliphatic heterocycles. The third-order valence-corrected chi connectivity index (χ3v) is 4.34. The molecule has 3 rings (SSSR count). The minimum Gasteiger partial charge on any atom is -0.352 e. The smallest absolute Gasteiger partial charge is 0.226 e. The first kappa shape index (κ1) is 19.8. The van der Waals surface area contributed by atoms with Crippen LogP contribution in [-0.4, -0.2) is 25.6 Å². The number of aromatic nitrogens is 4. The fraction of sp³-hybridized carbons (Fsp3) is 0.429. The summed E-state index contributed by atoms with van der Waals surface area (Å²) in [5.41, 5.74) is 2.12. The summed E-state index contributed by atoms with van der Waals surface area (Å²) in [6, 6.07) is 8.20. The van der Waals surface area contributed by atoms with Gasteiger partial charge in [-0.1, -0.05) is 50.2 Å². The number of hydrogen-bond donors (Lipinski definition) is 1. The van der Waals surface area contributed by atoms with E-state index in [1.165, 1.54) is 5.56 Å². The molecule has 28 heavy (non-hydrogen) atoms. The molecule has 148 valence electrons. The Balaban J connectivity index is 1.41. The van der Waals surface area contributed by atoms with Crippen molar-refractivity contribution in [1.82, 2.24) is 25.0 Å². The molecule has 1 aromatic carbocycles. The van der Waals surface area contributed by atoms with Crippen molar-refractivity contribution in [1.29, 1.82) is 0 Å². The number of carbonyl (C=O) groups excluding carboxylic acids is 1. The molecule has 0 aliphatic carbocycles. The highest BCUT2D eigenvalue weighted by molar-refractivity contribution is 5.75. The normalized spacial score (nSPS) is 11.5. The van der Waals surface area contributed by atoms with Crippen LogP contribution in [0.2, 0.25) is 0 Å². The zero-order valence-corrected chi connectivity index (χ0v) is 16.7. The van der Waals surface area contributed by atoms with Crippen molar-refractivity contribution in [3.05, 3.63) is 65.8 Å². The highest BCUT2D eigenvalue weighted by atomic mass is 16.5. The van der Waals surface area contributed by atoms with E-state index in [1.54, 1.807) is 12.5 Å².